The molecule has 4 nitrogen and oxygen atoms in total. The van der Waals surface area contributed by atoms with Crippen LogP contribution in [0.2, 0.25) is 0 Å². The van der Waals surface area contributed by atoms with Gasteiger partial charge in [-0.3, -0.25) is 9.69 Å². The second-order valence-corrected chi connectivity index (χ2v) is 8.29. The summed E-state index contributed by atoms with van der Waals surface area (Å²) in [6, 6.07) is 21.3. The van der Waals surface area contributed by atoms with Crippen LogP contribution >= 0.6 is 0 Å². The van der Waals surface area contributed by atoms with Crippen LogP contribution in [0.25, 0.3) is 11.3 Å². The lowest BCUT2D eigenvalue weighted by atomic mass is 10.0. The van der Waals surface area contributed by atoms with Gasteiger partial charge in [0.05, 0.1) is 16.8 Å². The monoisotopic (exact) mass is 462 g/mol. The van der Waals surface area contributed by atoms with Gasteiger partial charge < -0.3 is 9.73 Å². The van der Waals surface area contributed by atoms with Gasteiger partial charge in [-0.05, 0) is 61.4 Å². The van der Waals surface area contributed by atoms with Gasteiger partial charge in [0.15, 0.2) is 6.17 Å². The van der Waals surface area contributed by atoms with Gasteiger partial charge in [0.25, 0.3) is 5.91 Å². The molecule has 34 heavy (non-hydrogen) atoms. The molecule has 2 heterocycles. The lowest BCUT2D eigenvalue weighted by Gasteiger charge is -2.38. The standard InChI is InChI=1S/C27H21F3N2O2/c1-16-7-5-8-17(2)24(16)32-25(31-21-12-4-3-11-20(21)26(32)33)23-14-13-22(34-23)18-9-6-10-19(15-18)27(28,29)30/h3-15,25,31H,1-2H3. The van der Waals surface area contributed by atoms with Crippen LogP contribution in [0.4, 0.5) is 24.5 Å². The molecule has 5 rings (SSSR count). The quantitative estimate of drug-likeness (QED) is 0.346. The third-order valence-corrected chi connectivity index (χ3v) is 5.98. The molecule has 1 N–H and O–H groups in total. The molecule has 1 atom stereocenters. The van der Waals surface area contributed by atoms with E-state index in [1.165, 1.54) is 6.07 Å². The molecule has 1 aromatic heterocycles. The van der Waals surface area contributed by atoms with Gasteiger partial charge in [-0.25, -0.2) is 0 Å². The first-order valence-electron chi connectivity index (χ1n) is 10.8. The lowest BCUT2D eigenvalue weighted by Crippen LogP contribution is -2.43. The number of nitrogens with one attached hydrogen (secondary N) is 1. The molecule has 1 aliphatic rings. The van der Waals surface area contributed by atoms with Crippen LogP contribution in [-0.4, -0.2) is 5.91 Å². The molecule has 0 radical (unpaired) electrons. The van der Waals surface area contributed by atoms with Crippen LogP contribution in [0.5, 0.6) is 0 Å². The van der Waals surface area contributed by atoms with E-state index in [4.69, 9.17) is 4.42 Å². The molecular weight excluding hydrogens is 441 g/mol. The number of fused-ring (bicyclic) bond motifs is 1. The summed E-state index contributed by atoms with van der Waals surface area (Å²) in [6.07, 6.45) is -5.13. The summed E-state index contributed by atoms with van der Waals surface area (Å²) in [7, 11) is 0. The topological polar surface area (TPSA) is 45.5 Å². The normalized spacial score (nSPS) is 15.7. The molecule has 7 heteroatoms. The van der Waals surface area contributed by atoms with Gasteiger partial charge in [-0.1, -0.05) is 42.5 Å². The van der Waals surface area contributed by atoms with E-state index in [9.17, 15) is 18.0 Å². The average Bonchev–Trinajstić information content (AvgIpc) is 3.30. The molecule has 0 saturated heterocycles. The maximum Gasteiger partial charge on any atom is 0.416 e. The number of furan rings is 1. The summed E-state index contributed by atoms with van der Waals surface area (Å²) < 4.78 is 45.6. The molecule has 172 valence electrons. The fraction of sp³-hybridized carbons (Fsp3) is 0.148. The van der Waals surface area contributed by atoms with Crippen molar-refractivity contribution in [2.24, 2.45) is 0 Å². The number of hydrogen-bond donors (Lipinski definition) is 1. The van der Waals surface area contributed by atoms with Crippen LogP contribution in [-0.2, 0) is 6.18 Å². The zero-order valence-electron chi connectivity index (χ0n) is 18.5. The van der Waals surface area contributed by atoms with Crippen LogP contribution in [0.15, 0.2) is 83.3 Å². The summed E-state index contributed by atoms with van der Waals surface area (Å²) in [5.74, 6) is 0.516. The number of anilines is 2. The smallest absolute Gasteiger partial charge is 0.416 e. The number of para-hydroxylation sites is 2. The Labute approximate surface area is 194 Å². The molecule has 1 amide bonds. The maximum absolute atomic E-state index is 13.7. The van der Waals surface area contributed by atoms with Crippen LogP contribution in [0.1, 0.15) is 39.0 Å². The molecule has 1 aliphatic heterocycles. The first kappa shape index (κ1) is 21.8. The predicted octanol–water partition coefficient (Wildman–Crippen LogP) is 7.35. The van der Waals surface area contributed by atoms with Crippen molar-refractivity contribution in [3.8, 4) is 11.3 Å². The van der Waals surface area contributed by atoms with E-state index < -0.39 is 17.9 Å². The second-order valence-electron chi connectivity index (χ2n) is 8.29. The molecule has 1 unspecified atom stereocenters. The van der Waals surface area contributed by atoms with Crippen LogP contribution in [0.3, 0.4) is 0 Å². The van der Waals surface area contributed by atoms with Crippen molar-refractivity contribution in [3.63, 3.8) is 0 Å². The van der Waals surface area contributed by atoms with E-state index in [1.54, 1.807) is 35.2 Å². The van der Waals surface area contributed by atoms with Crippen molar-refractivity contribution < 1.29 is 22.4 Å². The van der Waals surface area contributed by atoms with E-state index in [0.717, 1.165) is 28.9 Å². The summed E-state index contributed by atoms with van der Waals surface area (Å²) in [4.78, 5) is 15.3. The molecule has 4 aromatic rings. The zero-order valence-corrected chi connectivity index (χ0v) is 18.5. The molecule has 0 aliphatic carbocycles. The maximum atomic E-state index is 13.7. The first-order valence-corrected chi connectivity index (χ1v) is 10.8. The first-order chi connectivity index (χ1) is 16.2. The Morgan fingerprint density at radius 2 is 1.59 bits per heavy atom. The van der Waals surface area contributed by atoms with E-state index in [1.807, 2.05) is 44.2 Å². The van der Waals surface area contributed by atoms with E-state index in [-0.39, 0.29) is 11.7 Å². The van der Waals surface area contributed by atoms with Crippen molar-refractivity contribution in [1.82, 2.24) is 0 Å². The van der Waals surface area contributed by atoms with Crippen molar-refractivity contribution in [2.45, 2.75) is 26.2 Å². The summed E-state index contributed by atoms with van der Waals surface area (Å²) in [5, 5.41) is 3.38. The number of nitrogens with zero attached hydrogens (tertiary/aromatic N) is 1. The Kier molecular flexibility index (Phi) is 5.20. The Morgan fingerprint density at radius 3 is 2.32 bits per heavy atom. The fourth-order valence-corrected chi connectivity index (χ4v) is 4.37. The number of aryl methyl sites for hydroxylation is 2. The number of benzene rings is 3. The Morgan fingerprint density at radius 1 is 0.882 bits per heavy atom. The molecule has 0 saturated carbocycles. The zero-order chi connectivity index (χ0) is 24.0. The third-order valence-electron chi connectivity index (χ3n) is 5.98. The molecule has 0 spiro atoms. The van der Waals surface area contributed by atoms with Crippen LogP contribution < -0.4 is 10.2 Å². The van der Waals surface area contributed by atoms with Crippen molar-refractivity contribution in [1.29, 1.82) is 0 Å². The number of amides is 1. The minimum absolute atomic E-state index is 0.186. The van der Waals surface area contributed by atoms with E-state index >= 15 is 0 Å². The van der Waals surface area contributed by atoms with Gasteiger partial charge in [-0.15, -0.1) is 0 Å². The van der Waals surface area contributed by atoms with E-state index in [0.29, 0.717) is 22.6 Å². The molecule has 0 fully saturated rings. The second kappa shape index (κ2) is 8.09. The van der Waals surface area contributed by atoms with Crippen molar-refractivity contribution in [2.75, 3.05) is 10.2 Å². The number of carbonyl (C=O) groups is 1. The summed E-state index contributed by atoms with van der Waals surface area (Å²) in [6.45, 7) is 3.87. The number of rotatable bonds is 3. The van der Waals surface area contributed by atoms with E-state index in [2.05, 4.69) is 5.32 Å². The van der Waals surface area contributed by atoms with Gasteiger partial charge in [-0.2, -0.15) is 13.2 Å². The predicted molar refractivity (Wildman–Crippen MR) is 125 cm³/mol. The van der Waals surface area contributed by atoms with Gasteiger partial charge in [0, 0.05) is 11.3 Å². The van der Waals surface area contributed by atoms with Gasteiger partial charge >= 0.3 is 6.18 Å². The minimum atomic E-state index is -4.45. The largest absolute Gasteiger partial charge is 0.457 e. The SMILES string of the molecule is Cc1cccc(C)c1N1C(=O)c2ccccc2NC1c1ccc(-c2cccc(C(F)(F)F)c2)o1. The lowest BCUT2D eigenvalue weighted by molar-refractivity contribution is -0.137. The molecular formula is C27H21F3N2O2. The highest BCUT2D eigenvalue weighted by Gasteiger charge is 2.37. The molecule has 0 bridgehead atoms. The number of alkyl halides is 3. The summed E-state index contributed by atoms with van der Waals surface area (Å²) in [5.41, 5.74) is 3.36. The van der Waals surface area contributed by atoms with Gasteiger partial charge in [0.1, 0.15) is 11.5 Å². The average molecular weight is 462 g/mol. The highest BCUT2D eigenvalue weighted by molar-refractivity contribution is 6.12. The number of hydrogen-bond acceptors (Lipinski definition) is 3. The van der Waals surface area contributed by atoms with Crippen molar-refractivity contribution >= 4 is 17.3 Å². The number of halogens is 3. The van der Waals surface area contributed by atoms with Gasteiger partial charge in [0.2, 0.25) is 0 Å². The minimum Gasteiger partial charge on any atom is -0.457 e. The third kappa shape index (κ3) is 3.73. The highest BCUT2D eigenvalue weighted by Crippen LogP contribution is 2.41. The highest BCUT2D eigenvalue weighted by atomic mass is 19.4. The molecule has 3 aromatic carbocycles. The van der Waals surface area contributed by atoms with Crippen LogP contribution in [0, 0.1) is 13.8 Å². The number of carbonyl (C=O) groups excluding carboxylic acids is 1. The Hall–Kier alpha value is -4.00. The Balaban J connectivity index is 1.61. The Bertz CT molecular complexity index is 1370. The summed E-state index contributed by atoms with van der Waals surface area (Å²) >= 11 is 0. The van der Waals surface area contributed by atoms with Crippen molar-refractivity contribution in [3.05, 3.63) is 107 Å². The fourth-order valence-electron chi connectivity index (χ4n) is 4.37.